The minimum absolute atomic E-state index is 0.476. The minimum Gasteiger partial charge on any atom is -0.493 e. The molecule has 2 aromatic rings. The van der Waals surface area contributed by atoms with Crippen LogP contribution >= 0.6 is 34.5 Å². The Kier molecular flexibility index (Phi) is 5.22. The fourth-order valence-electron chi connectivity index (χ4n) is 2.10. The third-order valence-corrected chi connectivity index (χ3v) is 4.61. The van der Waals surface area contributed by atoms with E-state index in [0.29, 0.717) is 25.9 Å². The van der Waals surface area contributed by atoms with Crippen LogP contribution in [0.15, 0.2) is 18.2 Å². The molecule has 0 saturated carbocycles. The van der Waals surface area contributed by atoms with Crippen LogP contribution in [0.5, 0.6) is 17.2 Å². The average Bonchev–Trinajstić information content (AvgIpc) is 2.83. The highest BCUT2D eigenvalue weighted by molar-refractivity contribution is 7.20. The number of rotatable bonds is 5. The standard InChI is InChI=1S/C14H15Cl2NO3S/c1-18-9-5-4-7(12(19-2)13(9)20-3)11(17)8-6-10(15)21-14(8)16/h4-6,11H,17H2,1-3H3. The summed E-state index contributed by atoms with van der Waals surface area (Å²) in [6, 6.07) is 4.89. The number of hydrogen-bond acceptors (Lipinski definition) is 5. The third-order valence-electron chi connectivity index (χ3n) is 3.09. The van der Waals surface area contributed by atoms with Gasteiger partial charge in [0.25, 0.3) is 0 Å². The maximum absolute atomic E-state index is 6.31. The van der Waals surface area contributed by atoms with Gasteiger partial charge in [0.15, 0.2) is 11.5 Å². The van der Waals surface area contributed by atoms with E-state index in [1.165, 1.54) is 11.3 Å². The molecule has 2 rings (SSSR count). The maximum Gasteiger partial charge on any atom is 0.203 e. The normalized spacial score (nSPS) is 12.1. The molecule has 1 aromatic carbocycles. The van der Waals surface area contributed by atoms with Crippen molar-refractivity contribution < 1.29 is 14.2 Å². The van der Waals surface area contributed by atoms with Crippen LogP contribution in [-0.4, -0.2) is 21.3 Å². The molecule has 2 N–H and O–H groups in total. The van der Waals surface area contributed by atoms with Crippen molar-refractivity contribution in [3.63, 3.8) is 0 Å². The smallest absolute Gasteiger partial charge is 0.203 e. The molecule has 0 saturated heterocycles. The molecule has 114 valence electrons. The number of methoxy groups -OCH3 is 3. The third kappa shape index (κ3) is 3.06. The highest BCUT2D eigenvalue weighted by Gasteiger charge is 2.23. The Bertz CT molecular complexity index is 645. The molecule has 1 atom stereocenters. The molecule has 21 heavy (non-hydrogen) atoms. The molecule has 0 fully saturated rings. The zero-order chi connectivity index (χ0) is 15.6. The van der Waals surface area contributed by atoms with Crippen LogP contribution in [-0.2, 0) is 0 Å². The van der Waals surface area contributed by atoms with Gasteiger partial charge in [-0.25, -0.2) is 0 Å². The minimum atomic E-state index is -0.476. The van der Waals surface area contributed by atoms with Gasteiger partial charge < -0.3 is 19.9 Å². The van der Waals surface area contributed by atoms with E-state index < -0.39 is 6.04 Å². The van der Waals surface area contributed by atoms with Gasteiger partial charge in [-0.15, -0.1) is 11.3 Å². The van der Waals surface area contributed by atoms with Crippen LogP contribution in [0.25, 0.3) is 0 Å². The van der Waals surface area contributed by atoms with E-state index in [9.17, 15) is 0 Å². The molecule has 1 heterocycles. The fraction of sp³-hybridized carbons (Fsp3) is 0.286. The predicted molar refractivity (Wildman–Crippen MR) is 86.5 cm³/mol. The molecule has 0 spiro atoms. The predicted octanol–water partition coefficient (Wildman–Crippen LogP) is 4.13. The van der Waals surface area contributed by atoms with Gasteiger partial charge in [-0.3, -0.25) is 0 Å². The highest BCUT2D eigenvalue weighted by Crippen LogP contribution is 2.45. The Hall–Kier alpha value is -1.14. The van der Waals surface area contributed by atoms with Crippen molar-refractivity contribution in [1.29, 1.82) is 0 Å². The second-order valence-corrected chi connectivity index (χ2v) is 6.47. The summed E-state index contributed by atoms with van der Waals surface area (Å²) in [6.07, 6.45) is 0. The Labute approximate surface area is 137 Å². The lowest BCUT2D eigenvalue weighted by molar-refractivity contribution is 0.321. The molecule has 0 radical (unpaired) electrons. The largest absolute Gasteiger partial charge is 0.493 e. The topological polar surface area (TPSA) is 53.7 Å². The van der Waals surface area contributed by atoms with Crippen molar-refractivity contribution in [1.82, 2.24) is 0 Å². The molecule has 0 bridgehead atoms. The highest BCUT2D eigenvalue weighted by atomic mass is 35.5. The van der Waals surface area contributed by atoms with Gasteiger partial charge in [0.05, 0.1) is 36.0 Å². The molecule has 0 amide bonds. The fourth-order valence-corrected chi connectivity index (χ4v) is 3.65. The van der Waals surface area contributed by atoms with Crippen molar-refractivity contribution in [2.45, 2.75) is 6.04 Å². The monoisotopic (exact) mass is 347 g/mol. The summed E-state index contributed by atoms with van der Waals surface area (Å²) in [7, 11) is 4.66. The van der Waals surface area contributed by atoms with Gasteiger partial charge in [0, 0.05) is 11.1 Å². The number of hydrogen-bond donors (Lipinski definition) is 1. The van der Waals surface area contributed by atoms with E-state index in [0.717, 1.165) is 11.1 Å². The Morgan fingerprint density at radius 2 is 1.67 bits per heavy atom. The molecular weight excluding hydrogens is 333 g/mol. The molecular formula is C14H15Cl2NO3S. The molecule has 1 aromatic heterocycles. The van der Waals surface area contributed by atoms with E-state index >= 15 is 0 Å². The summed E-state index contributed by atoms with van der Waals surface area (Å²) in [5.74, 6) is 1.58. The average molecular weight is 348 g/mol. The van der Waals surface area contributed by atoms with Crippen LogP contribution < -0.4 is 19.9 Å². The van der Waals surface area contributed by atoms with Crippen molar-refractivity contribution in [3.05, 3.63) is 38.0 Å². The first kappa shape index (κ1) is 16.2. The molecule has 0 aliphatic carbocycles. The van der Waals surface area contributed by atoms with Gasteiger partial charge >= 0.3 is 0 Å². The lowest BCUT2D eigenvalue weighted by Gasteiger charge is -2.19. The number of benzene rings is 1. The van der Waals surface area contributed by atoms with E-state index in [1.807, 2.05) is 6.07 Å². The lowest BCUT2D eigenvalue weighted by atomic mass is 10.0. The van der Waals surface area contributed by atoms with Gasteiger partial charge in [-0.2, -0.15) is 0 Å². The van der Waals surface area contributed by atoms with Crippen molar-refractivity contribution in [2.75, 3.05) is 21.3 Å². The summed E-state index contributed by atoms with van der Waals surface area (Å²) in [6.45, 7) is 0. The summed E-state index contributed by atoms with van der Waals surface area (Å²) >= 11 is 13.4. The van der Waals surface area contributed by atoms with Crippen LogP contribution in [0, 0.1) is 0 Å². The summed E-state index contributed by atoms with van der Waals surface area (Å²) in [5.41, 5.74) is 7.80. The van der Waals surface area contributed by atoms with E-state index in [2.05, 4.69) is 0 Å². The van der Waals surface area contributed by atoms with Gasteiger partial charge in [-0.1, -0.05) is 23.2 Å². The molecule has 7 heteroatoms. The second-order valence-electron chi connectivity index (χ2n) is 4.18. The summed E-state index contributed by atoms with van der Waals surface area (Å²) < 4.78 is 17.2. The van der Waals surface area contributed by atoms with Crippen LogP contribution in [0.4, 0.5) is 0 Å². The number of halogens is 2. The Morgan fingerprint density at radius 3 is 2.14 bits per heavy atom. The number of thiophene rings is 1. The lowest BCUT2D eigenvalue weighted by Crippen LogP contribution is -2.13. The number of ether oxygens (including phenoxy) is 3. The SMILES string of the molecule is COc1ccc(C(N)c2cc(Cl)sc2Cl)c(OC)c1OC. The molecule has 1 unspecified atom stereocenters. The zero-order valence-corrected chi connectivity index (χ0v) is 14.1. The quantitative estimate of drug-likeness (QED) is 0.883. The number of nitrogens with two attached hydrogens (primary N) is 1. The molecule has 0 aliphatic rings. The first-order valence-corrected chi connectivity index (χ1v) is 7.59. The van der Waals surface area contributed by atoms with E-state index in [-0.39, 0.29) is 0 Å². The van der Waals surface area contributed by atoms with Crippen molar-refractivity contribution in [2.24, 2.45) is 5.73 Å². The van der Waals surface area contributed by atoms with E-state index in [4.69, 9.17) is 43.1 Å². The van der Waals surface area contributed by atoms with E-state index in [1.54, 1.807) is 33.5 Å². The van der Waals surface area contributed by atoms with Crippen LogP contribution in [0.3, 0.4) is 0 Å². The zero-order valence-electron chi connectivity index (χ0n) is 11.8. The Morgan fingerprint density at radius 1 is 1.00 bits per heavy atom. The van der Waals surface area contributed by atoms with Crippen LogP contribution in [0.1, 0.15) is 17.2 Å². The first-order chi connectivity index (χ1) is 10.0. The van der Waals surface area contributed by atoms with Crippen molar-refractivity contribution >= 4 is 34.5 Å². The summed E-state index contributed by atoms with van der Waals surface area (Å²) in [5, 5.41) is 0. The maximum atomic E-state index is 6.31. The van der Waals surface area contributed by atoms with Gasteiger partial charge in [0.2, 0.25) is 5.75 Å². The van der Waals surface area contributed by atoms with Crippen LogP contribution in [0.2, 0.25) is 8.67 Å². The molecule has 0 aliphatic heterocycles. The van der Waals surface area contributed by atoms with Gasteiger partial charge in [0.1, 0.15) is 0 Å². The van der Waals surface area contributed by atoms with Crippen molar-refractivity contribution in [3.8, 4) is 17.2 Å². The summed E-state index contributed by atoms with van der Waals surface area (Å²) in [4.78, 5) is 0. The molecule has 4 nitrogen and oxygen atoms in total. The van der Waals surface area contributed by atoms with Gasteiger partial charge in [-0.05, 0) is 18.2 Å². The first-order valence-electron chi connectivity index (χ1n) is 6.02. The second kappa shape index (κ2) is 6.75. The Balaban J connectivity index is 2.55.